The van der Waals surface area contributed by atoms with E-state index in [2.05, 4.69) is 4.98 Å². The molecule has 1 fully saturated rings. The highest BCUT2D eigenvalue weighted by Crippen LogP contribution is 2.35. The second kappa shape index (κ2) is 5.81. The fourth-order valence-electron chi connectivity index (χ4n) is 2.76. The van der Waals surface area contributed by atoms with E-state index in [4.69, 9.17) is 0 Å². The van der Waals surface area contributed by atoms with Crippen LogP contribution in [0, 0.1) is 11.6 Å². The summed E-state index contributed by atoms with van der Waals surface area (Å²) < 4.78 is 27.4. The van der Waals surface area contributed by atoms with E-state index < -0.39 is 23.8 Å². The Morgan fingerprint density at radius 3 is 2.86 bits per heavy atom. The van der Waals surface area contributed by atoms with Crippen LogP contribution in [0.5, 0.6) is 0 Å². The zero-order chi connectivity index (χ0) is 15.7. The van der Waals surface area contributed by atoms with Crippen molar-refractivity contribution in [2.45, 2.75) is 18.6 Å². The molecule has 114 valence electrons. The summed E-state index contributed by atoms with van der Waals surface area (Å²) in [5.41, 5.74) is 0.423. The van der Waals surface area contributed by atoms with Gasteiger partial charge in [-0.05, 0) is 36.8 Å². The highest BCUT2D eigenvalue weighted by atomic mass is 19.1. The largest absolute Gasteiger partial charge is 0.391 e. The summed E-state index contributed by atoms with van der Waals surface area (Å²) in [6.07, 6.45) is 2.35. The lowest BCUT2D eigenvalue weighted by atomic mass is 10.0. The van der Waals surface area contributed by atoms with Crippen molar-refractivity contribution in [3.8, 4) is 0 Å². The molecule has 1 aromatic carbocycles. The molecule has 2 heterocycles. The molecule has 22 heavy (non-hydrogen) atoms. The van der Waals surface area contributed by atoms with Crippen molar-refractivity contribution in [3.05, 3.63) is 65.5 Å². The molecule has 2 atom stereocenters. The summed E-state index contributed by atoms with van der Waals surface area (Å²) in [7, 11) is 0. The minimum atomic E-state index is -0.770. The van der Waals surface area contributed by atoms with Crippen molar-refractivity contribution < 1.29 is 18.7 Å². The minimum Gasteiger partial charge on any atom is -0.391 e. The first-order chi connectivity index (χ1) is 10.6. The maximum Gasteiger partial charge on any atom is 0.256 e. The summed E-state index contributed by atoms with van der Waals surface area (Å²) in [6.45, 7) is 0.0777. The van der Waals surface area contributed by atoms with Crippen molar-refractivity contribution >= 4 is 5.91 Å². The third-order valence-corrected chi connectivity index (χ3v) is 3.77. The number of aliphatic hydroxyl groups excluding tert-OH is 1. The number of hydrogen-bond acceptors (Lipinski definition) is 3. The number of rotatable bonds is 2. The van der Waals surface area contributed by atoms with Crippen LogP contribution in [-0.2, 0) is 0 Å². The van der Waals surface area contributed by atoms with Crippen LogP contribution in [0.1, 0.15) is 28.4 Å². The predicted molar refractivity (Wildman–Crippen MR) is 75.0 cm³/mol. The number of halogens is 2. The SMILES string of the molecule is O=C(c1cccnc1)N1CC(O)CC1c1cc(F)ccc1F. The summed E-state index contributed by atoms with van der Waals surface area (Å²) in [5.74, 6) is -1.53. The monoisotopic (exact) mass is 304 g/mol. The van der Waals surface area contributed by atoms with Crippen molar-refractivity contribution in [2.24, 2.45) is 0 Å². The Hall–Kier alpha value is -2.34. The smallest absolute Gasteiger partial charge is 0.256 e. The average molecular weight is 304 g/mol. The van der Waals surface area contributed by atoms with E-state index in [1.54, 1.807) is 18.3 Å². The molecule has 2 unspecified atom stereocenters. The van der Waals surface area contributed by atoms with Gasteiger partial charge in [-0.1, -0.05) is 0 Å². The van der Waals surface area contributed by atoms with Crippen LogP contribution in [0.2, 0.25) is 0 Å². The van der Waals surface area contributed by atoms with Crippen LogP contribution in [0.4, 0.5) is 8.78 Å². The van der Waals surface area contributed by atoms with Gasteiger partial charge in [-0.25, -0.2) is 8.78 Å². The fraction of sp³-hybridized carbons (Fsp3) is 0.250. The van der Waals surface area contributed by atoms with Gasteiger partial charge >= 0.3 is 0 Å². The molecule has 1 N–H and O–H groups in total. The van der Waals surface area contributed by atoms with Gasteiger partial charge in [0.25, 0.3) is 5.91 Å². The zero-order valence-electron chi connectivity index (χ0n) is 11.6. The summed E-state index contributed by atoms with van der Waals surface area (Å²) in [6, 6.07) is 5.65. The Morgan fingerprint density at radius 2 is 2.14 bits per heavy atom. The van der Waals surface area contributed by atoms with E-state index >= 15 is 0 Å². The van der Waals surface area contributed by atoms with Crippen LogP contribution in [0.25, 0.3) is 0 Å². The number of aliphatic hydroxyl groups is 1. The third-order valence-electron chi connectivity index (χ3n) is 3.77. The summed E-state index contributed by atoms with van der Waals surface area (Å²) in [5, 5.41) is 9.86. The number of amides is 1. The van der Waals surface area contributed by atoms with Gasteiger partial charge in [0.2, 0.25) is 0 Å². The molecule has 1 amide bonds. The Kier molecular flexibility index (Phi) is 3.85. The number of pyridine rings is 1. The van der Waals surface area contributed by atoms with E-state index in [0.717, 1.165) is 18.2 Å². The number of carbonyl (C=O) groups excluding carboxylic acids is 1. The topological polar surface area (TPSA) is 53.4 Å². The molecule has 6 heteroatoms. The van der Waals surface area contributed by atoms with E-state index in [1.807, 2.05) is 0 Å². The molecule has 1 aliphatic rings. The first-order valence-corrected chi connectivity index (χ1v) is 6.90. The molecule has 0 bridgehead atoms. The minimum absolute atomic E-state index is 0.0776. The molecular weight excluding hydrogens is 290 g/mol. The zero-order valence-corrected chi connectivity index (χ0v) is 11.6. The lowest BCUT2D eigenvalue weighted by Crippen LogP contribution is -2.32. The molecule has 0 saturated carbocycles. The summed E-state index contributed by atoms with van der Waals surface area (Å²) in [4.78, 5) is 17.8. The number of aromatic nitrogens is 1. The van der Waals surface area contributed by atoms with Crippen LogP contribution < -0.4 is 0 Å². The molecule has 0 spiro atoms. The van der Waals surface area contributed by atoms with Gasteiger partial charge in [0, 0.05) is 24.5 Å². The maximum absolute atomic E-state index is 14.0. The third kappa shape index (κ3) is 2.69. The Bertz CT molecular complexity index is 694. The van der Waals surface area contributed by atoms with Gasteiger partial charge in [0.1, 0.15) is 11.6 Å². The number of benzene rings is 1. The molecule has 4 nitrogen and oxygen atoms in total. The van der Waals surface area contributed by atoms with Gasteiger partial charge < -0.3 is 10.0 Å². The van der Waals surface area contributed by atoms with Crippen LogP contribution >= 0.6 is 0 Å². The lowest BCUT2D eigenvalue weighted by molar-refractivity contribution is 0.0713. The Labute approximate surface area is 126 Å². The number of carbonyl (C=O) groups is 1. The maximum atomic E-state index is 14.0. The van der Waals surface area contributed by atoms with E-state index in [1.165, 1.54) is 11.1 Å². The Morgan fingerprint density at radius 1 is 1.32 bits per heavy atom. The van der Waals surface area contributed by atoms with Crippen molar-refractivity contribution in [1.29, 1.82) is 0 Å². The first kappa shape index (κ1) is 14.6. The van der Waals surface area contributed by atoms with E-state index in [0.29, 0.717) is 5.56 Å². The standard InChI is InChI=1S/C16H14F2N2O2/c17-11-3-4-14(18)13(6-11)15-7-12(21)9-20(15)16(22)10-2-1-5-19-8-10/h1-6,8,12,15,21H,7,9H2. The molecule has 0 aliphatic carbocycles. The molecule has 1 aliphatic heterocycles. The second-order valence-corrected chi connectivity index (χ2v) is 5.27. The van der Waals surface area contributed by atoms with Crippen LogP contribution in [0.3, 0.4) is 0 Å². The second-order valence-electron chi connectivity index (χ2n) is 5.27. The Balaban J connectivity index is 1.96. The number of nitrogens with zero attached hydrogens (tertiary/aromatic N) is 2. The van der Waals surface area contributed by atoms with E-state index in [-0.39, 0.29) is 24.4 Å². The van der Waals surface area contributed by atoms with Gasteiger partial charge in [0.15, 0.2) is 0 Å². The molecule has 1 aromatic heterocycles. The number of β-amino-alcohol motifs (C(OH)–C–C–N with tert-alkyl or cyclic N) is 1. The highest BCUT2D eigenvalue weighted by molar-refractivity contribution is 5.94. The lowest BCUT2D eigenvalue weighted by Gasteiger charge is -2.25. The normalized spacial score (nSPS) is 21.1. The molecule has 0 radical (unpaired) electrons. The highest BCUT2D eigenvalue weighted by Gasteiger charge is 2.37. The quantitative estimate of drug-likeness (QED) is 0.926. The van der Waals surface area contributed by atoms with Gasteiger partial charge in [-0.3, -0.25) is 9.78 Å². The molecule has 1 saturated heterocycles. The molecule has 2 aromatic rings. The number of likely N-dealkylation sites (tertiary alicyclic amines) is 1. The fourth-order valence-corrected chi connectivity index (χ4v) is 2.76. The summed E-state index contributed by atoms with van der Waals surface area (Å²) >= 11 is 0. The molecule has 3 rings (SSSR count). The average Bonchev–Trinajstić information content (AvgIpc) is 2.91. The van der Waals surface area contributed by atoms with Crippen LogP contribution in [0.15, 0.2) is 42.7 Å². The van der Waals surface area contributed by atoms with Gasteiger partial charge in [0.05, 0.1) is 17.7 Å². The van der Waals surface area contributed by atoms with Crippen molar-refractivity contribution in [2.75, 3.05) is 6.54 Å². The van der Waals surface area contributed by atoms with E-state index in [9.17, 15) is 18.7 Å². The molecular formula is C16H14F2N2O2. The first-order valence-electron chi connectivity index (χ1n) is 6.90. The van der Waals surface area contributed by atoms with Gasteiger partial charge in [-0.15, -0.1) is 0 Å². The van der Waals surface area contributed by atoms with Crippen LogP contribution in [-0.4, -0.2) is 33.5 Å². The predicted octanol–water partition coefficient (Wildman–Crippen LogP) is 2.31. The van der Waals surface area contributed by atoms with Crippen molar-refractivity contribution in [3.63, 3.8) is 0 Å². The van der Waals surface area contributed by atoms with Crippen molar-refractivity contribution in [1.82, 2.24) is 9.88 Å². The number of hydrogen-bond donors (Lipinski definition) is 1. The van der Waals surface area contributed by atoms with Gasteiger partial charge in [-0.2, -0.15) is 0 Å².